The van der Waals surface area contributed by atoms with Gasteiger partial charge < -0.3 is 10.5 Å². The summed E-state index contributed by atoms with van der Waals surface area (Å²) in [5.74, 6) is 0.967. The van der Waals surface area contributed by atoms with Crippen molar-refractivity contribution < 1.29 is 9.13 Å². The van der Waals surface area contributed by atoms with Gasteiger partial charge in [-0.05, 0) is 39.0 Å². The summed E-state index contributed by atoms with van der Waals surface area (Å²) >= 11 is 0. The van der Waals surface area contributed by atoms with Crippen LogP contribution >= 0.6 is 0 Å². The normalized spacial score (nSPS) is 12.7. The third-order valence-corrected chi connectivity index (χ3v) is 2.96. The Labute approximate surface area is 117 Å². The first kappa shape index (κ1) is 14.5. The number of aromatic nitrogens is 3. The van der Waals surface area contributed by atoms with E-state index in [4.69, 9.17) is 10.5 Å². The summed E-state index contributed by atoms with van der Waals surface area (Å²) < 4.78 is 20.8. The van der Waals surface area contributed by atoms with Crippen LogP contribution in [0.2, 0.25) is 0 Å². The predicted molar refractivity (Wildman–Crippen MR) is 73.7 cm³/mol. The highest BCUT2D eigenvalue weighted by molar-refractivity contribution is 5.36. The van der Waals surface area contributed by atoms with Crippen molar-refractivity contribution >= 4 is 0 Å². The summed E-state index contributed by atoms with van der Waals surface area (Å²) in [4.78, 5) is 4.17. The van der Waals surface area contributed by atoms with Crippen LogP contribution in [0.1, 0.15) is 44.2 Å². The highest BCUT2D eigenvalue weighted by Gasteiger charge is 2.12. The standard InChI is InChI=1S/C14H19FN4O/c1-9(2)19-14(17-8-18-19)7-20-13-5-4-11(15)6-12(13)10(3)16/h4-6,8-10H,7,16H2,1-3H3/t10-/m0/s1. The number of benzene rings is 1. The quantitative estimate of drug-likeness (QED) is 0.913. The Morgan fingerprint density at radius 3 is 2.75 bits per heavy atom. The molecule has 6 heteroatoms. The maximum absolute atomic E-state index is 13.3. The molecular formula is C14H19FN4O. The molecule has 2 rings (SSSR count). The van der Waals surface area contributed by atoms with Crippen LogP contribution < -0.4 is 10.5 Å². The van der Waals surface area contributed by atoms with Crippen LogP contribution in [0.5, 0.6) is 5.75 Å². The third kappa shape index (κ3) is 3.14. The van der Waals surface area contributed by atoms with Gasteiger partial charge >= 0.3 is 0 Å². The van der Waals surface area contributed by atoms with E-state index in [0.29, 0.717) is 11.3 Å². The molecule has 20 heavy (non-hydrogen) atoms. The number of hydrogen-bond donors (Lipinski definition) is 1. The molecule has 0 radical (unpaired) electrons. The fourth-order valence-electron chi connectivity index (χ4n) is 1.96. The molecule has 108 valence electrons. The molecule has 2 N–H and O–H groups in total. The average Bonchev–Trinajstić information content (AvgIpc) is 2.85. The molecule has 5 nitrogen and oxygen atoms in total. The smallest absolute Gasteiger partial charge is 0.165 e. The van der Waals surface area contributed by atoms with Gasteiger partial charge in [0, 0.05) is 17.6 Å². The molecule has 1 heterocycles. The van der Waals surface area contributed by atoms with Crippen molar-refractivity contribution in [2.24, 2.45) is 5.73 Å². The number of ether oxygens (including phenoxy) is 1. The molecule has 0 aliphatic carbocycles. The summed E-state index contributed by atoms with van der Waals surface area (Å²) in [6.45, 7) is 6.09. The molecule has 1 aromatic heterocycles. The molecule has 0 saturated carbocycles. The number of hydrogen-bond acceptors (Lipinski definition) is 4. The van der Waals surface area contributed by atoms with Crippen molar-refractivity contribution in [2.75, 3.05) is 0 Å². The number of nitrogens with zero attached hydrogens (tertiary/aromatic N) is 3. The van der Waals surface area contributed by atoms with Gasteiger partial charge in [-0.25, -0.2) is 14.1 Å². The SMILES string of the molecule is CC(C)n1ncnc1COc1ccc(F)cc1[C@H](C)N. The minimum atomic E-state index is -0.324. The summed E-state index contributed by atoms with van der Waals surface area (Å²) in [5, 5.41) is 4.14. The Kier molecular flexibility index (Phi) is 4.34. The van der Waals surface area contributed by atoms with Gasteiger partial charge in [0.05, 0.1) is 0 Å². The van der Waals surface area contributed by atoms with E-state index in [1.165, 1.54) is 18.5 Å². The van der Waals surface area contributed by atoms with Gasteiger partial charge in [-0.1, -0.05) is 0 Å². The topological polar surface area (TPSA) is 66.0 Å². The molecule has 0 bridgehead atoms. The lowest BCUT2D eigenvalue weighted by Crippen LogP contribution is -2.12. The van der Waals surface area contributed by atoms with Crippen LogP contribution in [0, 0.1) is 5.82 Å². The lowest BCUT2D eigenvalue weighted by atomic mass is 10.1. The van der Waals surface area contributed by atoms with E-state index < -0.39 is 0 Å². The molecule has 1 atom stereocenters. The van der Waals surface area contributed by atoms with Crippen LogP contribution in [-0.4, -0.2) is 14.8 Å². The molecule has 0 aliphatic rings. The van der Waals surface area contributed by atoms with Crippen LogP contribution in [0.4, 0.5) is 4.39 Å². The van der Waals surface area contributed by atoms with Gasteiger partial charge in [-0.2, -0.15) is 5.10 Å². The molecule has 0 amide bonds. The molecule has 0 saturated heterocycles. The van der Waals surface area contributed by atoms with Crippen molar-refractivity contribution in [2.45, 2.75) is 39.5 Å². The first-order valence-electron chi connectivity index (χ1n) is 6.55. The van der Waals surface area contributed by atoms with Crippen LogP contribution in [0.15, 0.2) is 24.5 Å². The fraction of sp³-hybridized carbons (Fsp3) is 0.429. The van der Waals surface area contributed by atoms with E-state index in [9.17, 15) is 4.39 Å². The zero-order valence-corrected chi connectivity index (χ0v) is 11.9. The van der Waals surface area contributed by atoms with Crippen LogP contribution in [-0.2, 0) is 6.61 Å². The van der Waals surface area contributed by atoms with Crippen molar-refractivity contribution in [1.82, 2.24) is 14.8 Å². The largest absolute Gasteiger partial charge is 0.485 e. The summed E-state index contributed by atoms with van der Waals surface area (Å²) in [5.41, 5.74) is 6.47. The first-order chi connectivity index (χ1) is 9.49. The van der Waals surface area contributed by atoms with Gasteiger partial charge in [0.15, 0.2) is 5.82 Å². The summed E-state index contributed by atoms with van der Waals surface area (Å²) in [7, 11) is 0. The highest BCUT2D eigenvalue weighted by Crippen LogP contribution is 2.25. The molecule has 0 spiro atoms. The van der Waals surface area contributed by atoms with E-state index in [2.05, 4.69) is 10.1 Å². The summed E-state index contributed by atoms with van der Waals surface area (Å²) in [6.07, 6.45) is 1.50. The Balaban J connectivity index is 2.17. The zero-order chi connectivity index (χ0) is 14.7. The van der Waals surface area contributed by atoms with Crippen molar-refractivity contribution in [1.29, 1.82) is 0 Å². The minimum absolute atomic E-state index is 0.206. The van der Waals surface area contributed by atoms with E-state index in [1.54, 1.807) is 17.7 Å². The second kappa shape index (κ2) is 6.00. The number of rotatable bonds is 5. The molecular weight excluding hydrogens is 259 g/mol. The fourth-order valence-corrected chi connectivity index (χ4v) is 1.96. The van der Waals surface area contributed by atoms with E-state index >= 15 is 0 Å². The third-order valence-electron chi connectivity index (χ3n) is 2.96. The van der Waals surface area contributed by atoms with E-state index in [-0.39, 0.29) is 24.5 Å². The Morgan fingerprint density at radius 1 is 1.35 bits per heavy atom. The Hall–Kier alpha value is -1.95. The first-order valence-corrected chi connectivity index (χ1v) is 6.55. The van der Waals surface area contributed by atoms with Crippen molar-refractivity contribution in [3.8, 4) is 5.75 Å². The second-order valence-corrected chi connectivity index (χ2v) is 4.97. The zero-order valence-electron chi connectivity index (χ0n) is 11.9. The molecule has 0 fully saturated rings. The maximum Gasteiger partial charge on any atom is 0.165 e. The number of nitrogens with two attached hydrogens (primary N) is 1. The van der Waals surface area contributed by atoms with Gasteiger partial charge in [-0.15, -0.1) is 0 Å². The number of halogens is 1. The molecule has 0 unspecified atom stereocenters. The minimum Gasteiger partial charge on any atom is -0.485 e. The van der Waals surface area contributed by atoms with Crippen LogP contribution in [0.3, 0.4) is 0 Å². The van der Waals surface area contributed by atoms with E-state index in [1.807, 2.05) is 13.8 Å². The van der Waals surface area contributed by atoms with Gasteiger partial charge in [0.2, 0.25) is 0 Å². The van der Waals surface area contributed by atoms with Crippen molar-refractivity contribution in [3.05, 3.63) is 41.7 Å². The summed E-state index contributed by atoms with van der Waals surface area (Å²) in [6, 6.07) is 4.24. The van der Waals surface area contributed by atoms with Gasteiger partial charge in [-0.3, -0.25) is 0 Å². The van der Waals surface area contributed by atoms with E-state index in [0.717, 1.165) is 5.82 Å². The Bertz CT molecular complexity index is 580. The Morgan fingerprint density at radius 2 is 2.10 bits per heavy atom. The monoisotopic (exact) mass is 278 g/mol. The highest BCUT2D eigenvalue weighted by atomic mass is 19.1. The second-order valence-electron chi connectivity index (χ2n) is 4.97. The molecule has 1 aromatic carbocycles. The van der Waals surface area contributed by atoms with Gasteiger partial charge in [0.25, 0.3) is 0 Å². The predicted octanol–water partition coefficient (Wildman–Crippen LogP) is 2.60. The average molecular weight is 278 g/mol. The maximum atomic E-state index is 13.3. The lowest BCUT2D eigenvalue weighted by Gasteiger charge is -2.15. The lowest BCUT2D eigenvalue weighted by molar-refractivity contribution is 0.278. The van der Waals surface area contributed by atoms with Crippen molar-refractivity contribution in [3.63, 3.8) is 0 Å². The molecule has 2 aromatic rings. The van der Waals surface area contributed by atoms with Gasteiger partial charge in [0.1, 0.15) is 24.5 Å². The van der Waals surface area contributed by atoms with Crippen LogP contribution in [0.25, 0.3) is 0 Å². The molecule has 0 aliphatic heterocycles.